The molecule has 0 heterocycles. The summed E-state index contributed by atoms with van der Waals surface area (Å²) in [7, 11) is 0. The Kier molecular flexibility index (Phi) is 3.95. The van der Waals surface area contributed by atoms with Crippen LogP contribution in [0.25, 0.3) is 0 Å². The lowest BCUT2D eigenvalue weighted by atomic mass is 10.1. The summed E-state index contributed by atoms with van der Waals surface area (Å²) in [6.07, 6.45) is -2.60. The Morgan fingerprint density at radius 3 is 2.43 bits per heavy atom. The standard InChI is InChI=1S/C10H12F3N/c1-2-14-9(10(12)13)7-5-3-4-6-8(7)11/h3-6,9-10,14H,2H2,1H3. The van der Waals surface area contributed by atoms with Crippen LogP contribution in [0.4, 0.5) is 13.2 Å². The van der Waals surface area contributed by atoms with Crippen molar-refractivity contribution in [1.82, 2.24) is 5.32 Å². The molecule has 1 aromatic carbocycles. The summed E-state index contributed by atoms with van der Waals surface area (Å²) >= 11 is 0. The van der Waals surface area contributed by atoms with Gasteiger partial charge < -0.3 is 5.32 Å². The molecule has 1 rings (SSSR count). The second-order valence-corrected chi connectivity index (χ2v) is 2.89. The molecule has 78 valence electrons. The number of alkyl halides is 2. The molecule has 1 N–H and O–H groups in total. The Hall–Kier alpha value is -1.03. The van der Waals surface area contributed by atoms with Crippen molar-refractivity contribution < 1.29 is 13.2 Å². The van der Waals surface area contributed by atoms with Crippen molar-refractivity contribution in [2.24, 2.45) is 0 Å². The average molecular weight is 203 g/mol. The molecule has 0 spiro atoms. The van der Waals surface area contributed by atoms with E-state index < -0.39 is 18.3 Å². The molecule has 0 aliphatic carbocycles. The highest BCUT2D eigenvalue weighted by atomic mass is 19.3. The lowest BCUT2D eigenvalue weighted by molar-refractivity contribution is 0.0975. The zero-order valence-electron chi connectivity index (χ0n) is 7.81. The number of nitrogens with one attached hydrogen (secondary N) is 1. The van der Waals surface area contributed by atoms with E-state index in [2.05, 4.69) is 5.32 Å². The maximum atomic E-state index is 13.2. The van der Waals surface area contributed by atoms with Crippen LogP contribution in [0.2, 0.25) is 0 Å². The minimum Gasteiger partial charge on any atom is -0.305 e. The van der Waals surface area contributed by atoms with Gasteiger partial charge in [0, 0.05) is 5.56 Å². The number of hydrogen-bond donors (Lipinski definition) is 1. The maximum Gasteiger partial charge on any atom is 0.257 e. The summed E-state index contributed by atoms with van der Waals surface area (Å²) in [6.45, 7) is 2.08. The molecular formula is C10H12F3N. The van der Waals surface area contributed by atoms with Crippen molar-refractivity contribution in [2.75, 3.05) is 6.54 Å². The highest BCUT2D eigenvalue weighted by molar-refractivity contribution is 5.21. The molecule has 4 heteroatoms. The molecule has 0 saturated heterocycles. The van der Waals surface area contributed by atoms with E-state index in [4.69, 9.17) is 0 Å². The van der Waals surface area contributed by atoms with Gasteiger partial charge in [0.25, 0.3) is 6.43 Å². The SMILES string of the molecule is CCNC(c1ccccc1F)C(F)F. The van der Waals surface area contributed by atoms with Crippen LogP contribution < -0.4 is 5.32 Å². The molecule has 1 nitrogen and oxygen atoms in total. The van der Waals surface area contributed by atoms with Gasteiger partial charge in [-0.25, -0.2) is 13.2 Å². The lowest BCUT2D eigenvalue weighted by Gasteiger charge is -2.17. The molecule has 0 bridgehead atoms. The summed E-state index contributed by atoms with van der Waals surface area (Å²) in [5.74, 6) is -0.598. The normalized spacial score (nSPS) is 13.2. The lowest BCUT2D eigenvalue weighted by Crippen LogP contribution is -2.27. The fourth-order valence-corrected chi connectivity index (χ4v) is 1.28. The van der Waals surface area contributed by atoms with Crippen molar-refractivity contribution in [3.05, 3.63) is 35.6 Å². The van der Waals surface area contributed by atoms with Crippen LogP contribution in [0.1, 0.15) is 18.5 Å². The number of rotatable bonds is 4. The van der Waals surface area contributed by atoms with Gasteiger partial charge in [-0.1, -0.05) is 25.1 Å². The minimum absolute atomic E-state index is 0.0179. The molecule has 0 amide bonds. The monoisotopic (exact) mass is 203 g/mol. The van der Waals surface area contributed by atoms with E-state index in [9.17, 15) is 13.2 Å². The Bertz CT molecular complexity index is 288. The first-order valence-corrected chi connectivity index (χ1v) is 4.42. The summed E-state index contributed by atoms with van der Waals surface area (Å²) in [4.78, 5) is 0. The van der Waals surface area contributed by atoms with Gasteiger partial charge in [-0.05, 0) is 12.6 Å². The number of benzene rings is 1. The summed E-state index contributed by atoms with van der Waals surface area (Å²) < 4.78 is 38.2. The largest absolute Gasteiger partial charge is 0.305 e. The van der Waals surface area contributed by atoms with Crippen LogP contribution in [0.15, 0.2) is 24.3 Å². The van der Waals surface area contributed by atoms with E-state index in [1.54, 1.807) is 13.0 Å². The zero-order chi connectivity index (χ0) is 10.6. The molecule has 0 aromatic heterocycles. The van der Waals surface area contributed by atoms with Crippen LogP contribution in [0.3, 0.4) is 0 Å². The van der Waals surface area contributed by atoms with Crippen molar-refractivity contribution >= 4 is 0 Å². The molecule has 0 aliphatic heterocycles. The van der Waals surface area contributed by atoms with Crippen molar-refractivity contribution in [1.29, 1.82) is 0 Å². The molecule has 0 radical (unpaired) electrons. The first kappa shape index (κ1) is 11.0. The predicted molar refractivity (Wildman–Crippen MR) is 48.8 cm³/mol. The second kappa shape index (κ2) is 5.00. The zero-order valence-corrected chi connectivity index (χ0v) is 7.81. The van der Waals surface area contributed by atoms with E-state index in [1.807, 2.05) is 0 Å². The summed E-state index contributed by atoms with van der Waals surface area (Å²) in [5.41, 5.74) is 0.0179. The van der Waals surface area contributed by atoms with E-state index in [0.717, 1.165) is 0 Å². The summed E-state index contributed by atoms with van der Waals surface area (Å²) in [6, 6.07) is 4.36. The van der Waals surface area contributed by atoms with Crippen molar-refractivity contribution in [3.8, 4) is 0 Å². The van der Waals surface area contributed by atoms with Crippen LogP contribution in [0, 0.1) is 5.82 Å². The van der Waals surface area contributed by atoms with E-state index in [-0.39, 0.29) is 5.56 Å². The molecular weight excluding hydrogens is 191 g/mol. The van der Waals surface area contributed by atoms with Gasteiger partial charge in [0.1, 0.15) is 5.82 Å². The highest BCUT2D eigenvalue weighted by Crippen LogP contribution is 2.22. The number of hydrogen-bond acceptors (Lipinski definition) is 1. The topological polar surface area (TPSA) is 12.0 Å². The molecule has 0 saturated carbocycles. The fraction of sp³-hybridized carbons (Fsp3) is 0.400. The third-order valence-electron chi connectivity index (χ3n) is 1.92. The molecule has 0 fully saturated rings. The van der Waals surface area contributed by atoms with Gasteiger partial charge in [-0.2, -0.15) is 0 Å². The summed E-state index contributed by atoms with van der Waals surface area (Å²) in [5, 5.41) is 2.55. The van der Waals surface area contributed by atoms with Gasteiger partial charge in [-0.3, -0.25) is 0 Å². The Morgan fingerprint density at radius 2 is 1.93 bits per heavy atom. The van der Waals surface area contributed by atoms with Crippen LogP contribution in [-0.4, -0.2) is 13.0 Å². The van der Waals surface area contributed by atoms with Gasteiger partial charge >= 0.3 is 0 Å². The van der Waals surface area contributed by atoms with Crippen LogP contribution in [-0.2, 0) is 0 Å². The van der Waals surface area contributed by atoms with E-state index in [0.29, 0.717) is 6.54 Å². The van der Waals surface area contributed by atoms with Gasteiger partial charge in [0.2, 0.25) is 0 Å². The van der Waals surface area contributed by atoms with E-state index in [1.165, 1.54) is 18.2 Å². The van der Waals surface area contributed by atoms with Gasteiger partial charge in [0.05, 0.1) is 6.04 Å². The molecule has 14 heavy (non-hydrogen) atoms. The quantitative estimate of drug-likeness (QED) is 0.793. The highest BCUT2D eigenvalue weighted by Gasteiger charge is 2.23. The number of halogens is 3. The molecule has 0 aliphatic rings. The van der Waals surface area contributed by atoms with Crippen LogP contribution >= 0.6 is 0 Å². The minimum atomic E-state index is -2.60. The second-order valence-electron chi connectivity index (χ2n) is 2.89. The Labute approximate surface area is 80.9 Å². The van der Waals surface area contributed by atoms with Crippen molar-refractivity contribution in [2.45, 2.75) is 19.4 Å². The average Bonchev–Trinajstić information content (AvgIpc) is 2.15. The third-order valence-corrected chi connectivity index (χ3v) is 1.92. The van der Waals surface area contributed by atoms with Gasteiger partial charge in [0.15, 0.2) is 0 Å². The first-order chi connectivity index (χ1) is 6.66. The van der Waals surface area contributed by atoms with Gasteiger partial charge in [-0.15, -0.1) is 0 Å². The van der Waals surface area contributed by atoms with Crippen LogP contribution in [0.5, 0.6) is 0 Å². The first-order valence-electron chi connectivity index (χ1n) is 4.42. The van der Waals surface area contributed by atoms with E-state index >= 15 is 0 Å². The molecule has 1 aromatic rings. The predicted octanol–water partition coefficient (Wildman–Crippen LogP) is 2.74. The Morgan fingerprint density at radius 1 is 1.29 bits per heavy atom. The molecule has 1 atom stereocenters. The Balaban J connectivity index is 2.93. The molecule has 1 unspecified atom stereocenters. The fourth-order valence-electron chi connectivity index (χ4n) is 1.28. The maximum absolute atomic E-state index is 13.2. The smallest absolute Gasteiger partial charge is 0.257 e. The van der Waals surface area contributed by atoms with Crippen molar-refractivity contribution in [3.63, 3.8) is 0 Å². The third kappa shape index (κ3) is 2.48.